The quantitative estimate of drug-likeness (QED) is 0.346. The predicted octanol–water partition coefficient (Wildman–Crippen LogP) is -0.537. The molecule has 0 aromatic heterocycles. The molecule has 1 aliphatic rings. The molecular formula is C3H9NaO3S. The predicted molar refractivity (Wildman–Crippen MR) is 35.0 cm³/mol. The molecule has 1 fully saturated rings. The van der Waals surface area contributed by atoms with Gasteiger partial charge in [0, 0.05) is 0 Å². The second-order valence-corrected chi connectivity index (χ2v) is 3.73. The Labute approximate surface area is 71.2 Å². The second kappa shape index (κ2) is 2.77. The maximum absolute atomic E-state index is 10.1. The zero-order valence-electron chi connectivity index (χ0n) is 3.74. The van der Waals surface area contributed by atoms with Gasteiger partial charge in [-0.15, -0.1) is 0 Å². The van der Waals surface area contributed by atoms with Gasteiger partial charge in [0.2, 0.25) is 0 Å². The molecule has 0 amide bonds. The van der Waals surface area contributed by atoms with Crippen LogP contribution in [-0.2, 0) is 10.5 Å². The first-order chi connectivity index (χ1) is 3.11. The van der Waals surface area contributed by atoms with Crippen molar-refractivity contribution < 1.29 is 13.3 Å². The third-order valence-electron chi connectivity index (χ3n) is 1.02. The van der Waals surface area contributed by atoms with E-state index in [-0.39, 0.29) is 34.8 Å². The molecule has 0 aromatic carbocycles. The Balaban J connectivity index is 0.000000490. The van der Waals surface area contributed by atoms with E-state index < -0.39 is 10.5 Å². The summed E-state index contributed by atoms with van der Waals surface area (Å²) in [6.45, 7) is 0. The van der Waals surface area contributed by atoms with Gasteiger partial charge in [0.15, 0.2) is 0 Å². The summed E-state index contributed by atoms with van der Waals surface area (Å²) in [5, 5.41) is -0.285. The van der Waals surface area contributed by atoms with Crippen molar-refractivity contribution in [1.82, 2.24) is 0 Å². The van der Waals surface area contributed by atoms with Gasteiger partial charge in [-0.1, -0.05) is 0 Å². The van der Waals surface area contributed by atoms with E-state index in [1.165, 1.54) is 0 Å². The van der Waals surface area contributed by atoms with Crippen molar-refractivity contribution >= 4 is 40.1 Å². The van der Waals surface area contributed by atoms with Crippen molar-refractivity contribution in [2.45, 2.75) is 18.1 Å². The molecule has 0 heterocycles. The van der Waals surface area contributed by atoms with Crippen LogP contribution in [0, 0.1) is 0 Å². The van der Waals surface area contributed by atoms with E-state index in [0.29, 0.717) is 12.8 Å². The van der Waals surface area contributed by atoms with Crippen LogP contribution in [0.15, 0.2) is 0 Å². The standard InChI is InChI=1S/C3H8O3S.Na.H/c4-7(5,6)3-1-2-3;;/h3,7H,1-2H2,(H2,4,5,6);;. The molecule has 0 saturated heterocycles. The van der Waals surface area contributed by atoms with Crippen molar-refractivity contribution in [1.29, 1.82) is 0 Å². The summed E-state index contributed by atoms with van der Waals surface area (Å²) in [6, 6.07) is 0. The third-order valence-corrected chi connectivity index (χ3v) is 2.49. The van der Waals surface area contributed by atoms with E-state index in [1.54, 1.807) is 0 Å². The fourth-order valence-electron chi connectivity index (χ4n) is 0.411. The molecule has 1 saturated carbocycles. The summed E-state index contributed by atoms with van der Waals surface area (Å²) in [5.74, 6) is 0. The molecule has 0 aromatic rings. The molecule has 0 atom stereocenters. The zero-order chi connectivity index (χ0) is 5.49. The Hall–Kier alpha value is 1.07. The van der Waals surface area contributed by atoms with Crippen molar-refractivity contribution in [3.8, 4) is 0 Å². The molecule has 46 valence electrons. The van der Waals surface area contributed by atoms with E-state index in [2.05, 4.69) is 0 Å². The summed E-state index contributed by atoms with van der Waals surface area (Å²) in [5.41, 5.74) is 0. The van der Waals surface area contributed by atoms with Crippen LogP contribution in [0.4, 0.5) is 0 Å². The van der Waals surface area contributed by atoms with Gasteiger partial charge in [-0.2, -0.15) is 0 Å². The van der Waals surface area contributed by atoms with Crippen molar-refractivity contribution in [2.75, 3.05) is 0 Å². The van der Waals surface area contributed by atoms with Crippen molar-refractivity contribution in [3.63, 3.8) is 0 Å². The maximum atomic E-state index is 10.1. The van der Waals surface area contributed by atoms with Crippen LogP contribution in [-0.4, -0.2) is 48.1 Å². The van der Waals surface area contributed by atoms with Gasteiger partial charge in [0.05, 0.1) is 15.7 Å². The fourth-order valence-corrected chi connectivity index (χ4v) is 1.23. The normalized spacial score (nSPS) is 21.8. The SMILES string of the molecule is O=[SH](O)(O)C1CC1.[NaH]. The van der Waals surface area contributed by atoms with Crippen LogP contribution in [0.25, 0.3) is 0 Å². The molecule has 0 spiro atoms. The summed E-state index contributed by atoms with van der Waals surface area (Å²) in [4.78, 5) is 0. The summed E-state index contributed by atoms with van der Waals surface area (Å²) >= 11 is 0. The molecule has 2 N–H and O–H groups in total. The molecule has 0 unspecified atom stereocenters. The number of hydrogen-bond acceptors (Lipinski definition) is 1. The Morgan fingerprint density at radius 1 is 1.38 bits per heavy atom. The van der Waals surface area contributed by atoms with Crippen LogP contribution in [0.1, 0.15) is 12.8 Å². The number of hydrogen-bond donors (Lipinski definition) is 3. The monoisotopic (exact) mass is 148 g/mol. The molecule has 5 heteroatoms. The van der Waals surface area contributed by atoms with Crippen LogP contribution in [0.5, 0.6) is 0 Å². The zero-order valence-corrected chi connectivity index (χ0v) is 4.64. The summed E-state index contributed by atoms with van der Waals surface area (Å²) in [7, 11) is -3.63. The van der Waals surface area contributed by atoms with Crippen molar-refractivity contribution in [2.24, 2.45) is 0 Å². The van der Waals surface area contributed by atoms with Gasteiger partial charge in [-0.05, 0) is 12.8 Å². The Kier molecular flexibility index (Phi) is 3.14. The Morgan fingerprint density at radius 3 is 1.75 bits per heavy atom. The first-order valence-electron chi connectivity index (χ1n) is 2.16. The van der Waals surface area contributed by atoms with E-state index in [0.717, 1.165) is 0 Å². The van der Waals surface area contributed by atoms with Gasteiger partial charge in [-0.3, -0.25) is 0 Å². The molecule has 0 bridgehead atoms. The minimum atomic E-state index is -3.63. The van der Waals surface area contributed by atoms with E-state index in [4.69, 9.17) is 9.11 Å². The van der Waals surface area contributed by atoms with Gasteiger partial charge in [-0.25, -0.2) is 4.21 Å². The molecule has 1 aliphatic carbocycles. The molecule has 1 rings (SSSR count). The molecular weight excluding hydrogens is 139 g/mol. The van der Waals surface area contributed by atoms with E-state index in [9.17, 15) is 4.21 Å². The van der Waals surface area contributed by atoms with Gasteiger partial charge in [0.1, 0.15) is 0 Å². The van der Waals surface area contributed by atoms with Crippen LogP contribution < -0.4 is 0 Å². The topological polar surface area (TPSA) is 57.5 Å². The van der Waals surface area contributed by atoms with Crippen molar-refractivity contribution in [3.05, 3.63) is 0 Å². The molecule has 0 aliphatic heterocycles. The van der Waals surface area contributed by atoms with Gasteiger partial charge < -0.3 is 9.11 Å². The molecule has 0 radical (unpaired) electrons. The summed E-state index contributed by atoms with van der Waals surface area (Å²) < 4.78 is 26.6. The first-order valence-corrected chi connectivity index (χ1v) is 3.84. The third kappa shape index (κ3) is 2.57. The molecule has 3 nitrogen and oxygen atoms in total. The summed E-state index contributed by atoms with van der Waals surface area (Å²) in [6.07, 6.45) is 1.43. The Bertz CT molecular complexity index is 116. The fraction of sp³-hybridized carbons (Fsp3) is 1.00. The number of rotatable bonds is 1. The average molecular weight is 148 g/mol. The molecule has 8 heavy (non-hydrogen) atoms. The van der Waals surface area contributed by atoms with Crippen LogP contribution >= 0.6 is 0 Å². The minimum absolute atomic E-state index is 0. The Morgan fingerprint density at radius 2 is 1.75 bits per heavy atom. The van der Waals surface area contributed by atoms with Crippen LogP contribution in [0.3, 0.4) is 0 Å². The van der Waals surface area contributed by atoms with E-state index in [1.807, 2.05) is 0 Å². The van der Waals surface area contributed by atoms with E-state index >= 15 is 0 Å². The average Bonchev–Trinajstić information content (AvgIpc) is 1.99. The second-order valence-electron chi connectivity index (χ2n) is 1.82. The van der Waals surface area contributed by atoms with Gasteiger partial charge in [0.25, 0.3) is 0 Å². The first kappa shape index (κ1) is 9.07. The van der Waals surface area contributed by atoms with Crippen LogP contribution in [0.2, 0.25) is 0 Å². The number of thiol groups is 1. The van der Waals surface area contributed by atoms with Gasteiger partial charge >= 0.3 is 29.6 Å².